The van der Waals surface area contributed by atoms with E-state index in [1.165, 1.54) is 5.56 Å². The third kappa shape index (κ3) is 2.01. The Hall–Kier alpha value is -0.830. The van der Waals surface area contributed by atoms with Crippen LogP contribution in [-0.2, 0) is 6.54 Å². The van der Waals surface area contributed by atoms with Gasteiger partial charge in [-0.3, -0.25) is 4.98 Å². The molecule has 0 saturated heterocycles. The molecule has 0 aliphatic heterocycles. The van der Waals surface area contributed by atoms with Crippen LogP contribution in [0.25, 0.3) is 10.9 Å². The quantitative estimate of drug-likeness (QED) is 0.887. The molecule has 0 amide bonds. The fourth-order valence-electron chi connectivity index (χ4n) is 1.69. The molecular weight excluding hydrogens is 243 g/mol. The highest BCUT2D eigenvalue weighted by Crippen LogP contribution is 2.30. The van der Waals surface area contributed by atoms with Gasteiger partial charge in [-0.1, -0.05) is 29.3 Å². The first kappa shape index (κ1) is 11.6. The number of benzene rings is 1. The summed E-state index contributed by atoms with van der Waals surface area (Å²) < 4.78 is 0. The molecule has 2 aromatic rings. The number of nitrogens with zero attached hydrogens (tertiary/aromatic N) is 1. The van der Waals surface area contributed by atoms with Gasteiger partial charge in [0.1, 0.15) is 0 Å². The summed E-state index contributed by atoms with van der Waals surface area (Å²) >= 11 is 12.1. The van der Waals surface area contributed by atoms with Crippen LogP contribution in [0.5, 0.6) is 0 Å². The van der Waals surface area contributed by atoms with E-state index in [4.69, 9.17) is 23.2 Å². The van der Waals surface area contributed by atoms with Crippen LogP contribution in [0.2, 0.25) is 10.0 Å². The molecule has 4 heteroatoms. The number of nitrogens with one attached hydrogen (secondary N) is 1. The van der Waals surface area contributed by atoms with E-state index in [2.05, 4.69) is 16.4 Å². The molecule has 0 spiro atoms. The molecule has 1 heterocycles. The predicted molar refractivity (Wildman–Crippen MR) is 69.3 cm³/mol. The Morgan fingerprint density at radius 2 is 2.06 bits per heavy atom. The topological polar surface area (TPSA) is 24.9 Å². The van der Waals surface area contributed by atoms with Gasteiger partial charge in [-0.05, 0) is 31.7 Å². The van der Waals surface area contributed by atoms with E-state index in [-0.39, 0.29) is 0 Å². The van der Waals surface area contributed by atoms with Crippen molar-refractivity contribution in [3.8, 4) is 0 Å². The number of aromatic nitrogens is 1. The third-order valence-corrected chi connectivity index (χ3v) is 3.34. The molecule has 1 aromatic heterocycles. The zero-order valence-electron chi connectivity index (χ0n) is 9.14. The molecule has 0 saturated carbocycles. The van der Waals surface area contributed by atoms with Crippen LogP contribution in [-0.4, -0.2) is 12.0 Å². The maximum atomic E-state index is 6.12. The highest BCUT2D eigenvalue weighted by molar-refractivity contribution is 6.45. The monoisotopic (exact) mass is 254 g/mol. The molecular formula is C12H12Cl2N2. The van der Waals surface area contributed by atoms with Gasteiger partial charge in [-0.2, -0.15) is 0 Å². The van der Waals surface area contributed by atoms with Crippen LogP contribution in [0, 0.1) is 6.92 Å². The average Bonchev–Trinajstić information content (AvgIpc) is 2.26. The second kappa shape index (κ2) is 4.58. The first-order chi connectivity index (χ1) is 7.63. The van der Waals surface area contributed by atoms with Crippen molar-refractivity contribution < 1.29 is 0 Å². The van der Waals surface area contributed by atoms with Crippen molar-refractivity contribution in [3.63, 3.8) is 0 Å². The molecule has 16 heavy (non-hydrogen) atoms. The van der Waals surface area contributed by atoms with E-state index in [1.54, 1.807) is 6.07 Å². The van der Waals surface area contributed by atoms with Crippen LogP contribution in [0.4, 0.5) is 0 Å². The zero-order valence-corrected chi connectivity index (χ0v) is 10.7. The van der Waals surface area contributed by atoms with Gasteiger partial charge < -0.3 is 5.32 Å². The summed E-state index contributed by atoms with van der Waals surface area (Å²) in [4.78, 5) is 4.50. The zero-order chi connectivity index (χ0) is 11.7. The average molecular weight is 255 g/mol. The lowest BCUT2D eigenvalue weighted by molar-refractivity contribution is 0.807. The van der Waals surface area contributed by atoms with E-state index < -0.39 is 0 Å². The molecule has 1 N–H and O–H groups in total. The van der Waals surface area contributed by atoms with Crippen LogP contribution in [0.15, 0.2) is 18.2 Å². The largest absolute Gasteiger partial charge is 0.316 e. The number of halogens is 2. The summed E-state index contributed by atoms with van der Waals surface area (Å²) in [5, 5.41) is 5.21. The standard InChI is InChI=1S/C12H12Cl2N2/c1-7-9(6-15-2)5-8-3-4-10(13)11(14)12(8)16-7/h3-5,15H,6H2,1-2H3. The number of hydrogen-bond donors (Lipinski definition) is 1. The molecule has 0 fully saturated rings. The Bertz CT molecular complexity index is 538. The Morgan fingerprint density at radius 3 is 2.75 bits per heavy atom. The summed E-state index contributed by atoms with van der Waals surface area (Å²) in [6.07, 6.45) is 0. The highest BCUT2D eigenvalue weighted by Gasteiger charge is 2.08. The number of fused-ring (bicyclic) bond motifs is 1. The fourth-order valence-corrected chi connectivity index (χ4v) is 2.05. The van der Waals surface area contributed by atoms with Crippen molar-refractivity contribution in [3.05, 3.63) is 39.5 Å². The maximum absolute atomic E-state index is 6.12. The highest BCUT2D eigenvalue weighted by atomic mass is 35.5. The van der Waals surface area contributed by atoms with Gasteiger partial charge >= 0.3 is 0 Å². The lowest BCUT2D eigenvalue weighted by atomic mass is 10.1. The molecule has 0 atom stereocenters. The van der Waals surface area contributed by atoms with Crippen molar-refractivity contribution in [1.82, 2.24) is 10.3 Å². The number of hydrogen-bond acceptors (Lipinski definition) is 2. The van der Waals surface area contributed by atoms with Crippen molar-refractivity contribution in [2.24, 2.45) is 0 Å². The van der Waals surface area contributed by atoms with Crippen molar-refractivity contribution in [1.29, 1.82) is 0 Å². The second-order valence-electron chi connectivity index (χ2n) is 3.70. The predicted octanol–water partition coefficient (Wildman–Crippen LogP) is 3.57. The third-order valence-electron chi connectivity index (χ3n) is 2.54. The van der Waals surface area contributed by atoms with Gasteiger partial charge in [0.05, 0.1) is 15.6 Å². The Morgan fingerprint density at radius 1 is 1.31 bits per heavy atom. The SMILES string of the molecule is CNCc1cc2ccc(Cl)c(Cl)c2nc1C. The van der Waals surface area contributed by atoms with E-state index in [0.29, 0.717) is 10.0 Å². The Labute approximate surface area is 105 Å². The summed E-state index contributed by atoms with van der Waals surface area (Å²) in [5.74, 6) is 0. The van der Waals surface area contributed by atoms with Crippen LogP contribution in [0.3, 0.4) is 0 Å². The van der Waals surface area contributed by atoms with E-state index in [1.807, 2.05) is 20.0 Å². The van der Waals surface area contributed by atoms with Gasteiger partial charge in [0, 0.05) is 17.6 Å². The number of aryl methyl sites for hydroxylation is 1. The molecule has 0 radical (unpaired) electrons. The maximum Gasteiger partial charge on any atom is 0.0906 e. The molecule has 0 aliphatic rings. The van der Waals surface area contributed by atoms with Gasteiger partial charge in [-0.15, -0.1) is 0 Å². The van der Waals surface area contributed by atoms with E-state index >= 15 is 0 Å². The van der Waals surface area contributed by atoms with E-state index in [9.17, 15) is 0 Å². The minimum Gasteiger partial charge on any atom is -0.316 e. The van der Waals surface area contributed by atoms with Crippen LogP contribution in [0.1, 0.15) is 11.3 Å². The summed E-state index contributed by atoms with van der Waals surface area (Å²) in [7, 11) is 1.92. The minimum atomic E-state index is 0.526. The minimum absolute atomic E-state index is 0.526. The Balaban J connectivity index is 2.69. The van der Waals surface area contributed by atoms with Gasteiger partial charge in [0.2, 0.25) is 0 Å². The molecule has 2 nitrogen and oxygen atoms in total. The van der Waals surface area contributed by atoms with Crippen molar-refractivity contribution in [2.45, 2.75) is 13.5 Å². The normalized spacial score (nSPS) is 11.0. The number of rotatable bonds is 2. The first-order valence-corrected chi connectivity index (χ1v) is 5.78. The van der Waals surface area contributed by atoms with Crippen LogP contribution >= 0.6 is 23.2 Å². The molecule has 1 aromatic carbocycles. The van der Waals surface area contributed by atoms with Crippen LogP contribution < -0.4 is 5.32 Å². The van der Waals surface area contributed by atoms with Crippen molar-refractivity contribution in [2.75, 3.05) is 7.05 Å². The molecule has 0 aliphatic carbocycles. The number of pyridine rings is 1. The Kier molecular flexibility index (Phi) is 3.33. The summed E-state index contributed by atoms with van der Waals surface area (Å²) in [5.41, 5.74) is 2.92. The molecule has 84 valence electrons. The van der Waals surface area contributed by atoms with Gasteiger partial charge in [0.15, 0.2) is 0 Å². The van der Waals surface area contributed by atoms with Crippen molar-refractivity contribution >= 4 is 34.1 Å². The lowest BCUT2D eigenvalue weighted by Gasteiger charge is -2.08. The van der Waals surface area contributed by atoms with Gasteiger partial charge in [0.25, 0.3) is 0 Å². The smallest absolute Gasteiger partial charge is 0.0906 e. The van der Waals surface area contributed by atoms with E-state index in [0.717, 1.165) is 23.1 Å². The molecule has 0 unspecified atom stereocenters. The van der Waals surface area contributed by atoms with Gasteiger partial charge in [-0.25, -0.2) is 0 Å². The molecule has 0 bridgehead atoms. The summed E-state index contributed by atoms with van der Waals surface area (Å²) in [6, 6.07) is 5.83. The molecule has 2 rings (SSSR count). The fraction of sp³-hybridized carbons (Fsp3) is 0.250. The summed E-state index contributed by atoms with van der Waals surface area (Å²) in [6.45, 7) is 2.78. The second-order valence-corrected chi connectivity index (χ2v) is 4.48. The first-order valence-electron chi connectivity index (χ1n) is 5.02. The lowest BCUT2D eigenvalue weighted by Crippen LogP contribution is -2.07.